The van der Waals surface area contributed by atoms with Crippen molar-refractivity contribution >= 4 is 42.8 Å². The molecule has 11 nitrogen and oxygen atoms in total. The number of hydrogen-bond acceptors (Lipinski definition) is 7. The zero-order chi connectivity index (χ0) is 33.8. The third kappa shape index (κ3) is 9.27. The van der Waals surface area contributed by atoms with E-state index in [2.05, 4.69) is 29.5 Å². The van der Waals surface area contributed by atoms with Gasteiger partial charge in [-0.05, 0) is 64.5 Å². The molecule has 0 radical (unpaired) electrons. The van der Waals surface area contributed by atoms with Gasteiger partial charge in [-0.2, -0.15) is 0 Å². The van der Waals surface area contributed by atoms with Crippen LogP contribution in [0.15, 0.2) is 30.7 Å². The zero-order valence-electron chi connectivity index (χ0n) is 27.7. The fraction of sp³-hybridized carbons (Fsp3) is 0.625. The molecule has 0 saturated heterocycles. The summed E-state index contributed by atoms with van der Waals surface area (Å²) < 4.78 is 39.6. The number of aromatic nitrogens is 2. The lowest BCUT2D eigenvalue weighted by Crippen LogP contribution is -2.53. The Bertz CT molecular complexity index is 1430. The van der Waals surface area contributed by atoms with Gasteiger partial charge in [0.05, 0.1) is 24.5 Å². The second-order valence-corrected chi connectivity index (χ2v) is 20.0. The normalized spacial score (nSPS) is 19.3. The van der Waals surface area contributed by atoms with Crippen molar-refractivity contribution in [1.29, 1.82) is 0 Å². The minimum absolute atomic E-state index is 0.00207. The first-order chi connectivity index (χ1) is 21.5. The molecule has 1 fully saturated rings. The number of ether oxygens (including phenoxy) is 2. The summed E-state index contributed by atoms with van der Waals surface area (Å²) >= 11 is 0. The van der Waals surface area contributed by atoms with E-state index in [0.29, 0.717) is 24.5 Å². The van der Waals surface area contributed by atoms with E-state index in [9.17, 15) is 28.3 Å². The molecule has 1 aliphatic heterocycles. The maximum atomic E-state index is 13.4. The molecule has 3 heterocycles. The first kappa shape index (κ1) is 35.3. The Labute approximate surface area is 270 Å². The van der Waals surface area contributed by atoms with Gasteiger partial charge in [0.1, 0.15) is 24.5 Å². The largest absolute Gasteiger partial charge is 0.480 e. The Morgan fingerprint density at radius 1 is 1.20 bits per heavy atom. The third-order valence-electron chi connectivity index (χ3n) is 8.12. The van der Waals surface area contributed by atoms with Crippen molar-refractivity contribution in [1.82, 2.24) is 19.4 Å². The quantitative estimate of drug-likeness (QED) is 0.210. The number of alkyl halides is 2. The molecule has 2 aromatic heterocycles. The number of anilines is 1. The van der Waals surface area contributed by atoms with Gasteiger partial charge in [-0.25, -0.2) is 18.6 Å². The van der Waals surface area contributed by atoms with Crippen molar-refractivity contribution in [3.8, 4) is 0 Å². The number of carbonyl (C=O) groups excluding carboxylic acids is 2. The minimum atomic E-state index is -2.71. The lowest BCUT2D eigenvalue weighted by atomic mass is 9.84. The van der Waals surface area contributed by atoms with Gasteiger partial charge in [0.25, 0.3) is 12.3 Å². The monoisotopic (exact) mass is 663 g/mol. The van der Waals surface area contributed by atoms with E-state index in [4.69, 9.17) is 9.47 Å². The molecule has 1 N–H and O–H groups in total. The summed E-state index contributed by atoms with van der Waals surface area (Å²) in [5.41, 5.74) is 0.977. The highest BCUT2D eigenvalue weighted by atomic mass is 28.3. The second kappa shape index (κ2) is 14.5. The molecule has 0 atom stereocenters. The maximum absolute atomic E-state index is 13.4. The average molecular weight is 664 g/mol. The van der Waals surface area contributed by atoms with Gasteiger partial charge in [-0.3, -0.25) is 14.5 Å². The Morgan fingerprint density at radius 3 is 2.50 bits per heavy atom. The number of amides is 2. The van der Waals surface area contributed by atoms with E-state index in [1.54, 1.807) is 26.8 Å². The Balaban J connectivity index is 1.53. The standard InChI is InChI=1S/C32H47F2N5O6Si/c1-32(2,3)45-31(43)36(18-26(33)34)13-11-22-7-9-23(10-8-22)39-20-38(19-27(40)41)30(42)25-17-35-29-24(28(25)39)12-14-37(29)21-44-15-16-46(4,5)6/h11-14,17,22-23,26H,7-10,15-16,18-21H2,1-6H3,(H,40,41)/b13-11+. The van der Waals surface area contributed by atoms with Gasteiger partial charge in [-0.15, -0.1) is 0 Å². The molecule has 0 bridgehead atoms. The summed E-state index contributed by atoms with van der Waals surface area (Å²) in [7, 11) is -1.24. The SMILES string of the molecule is CC(C)(C)OC(=O)N(/C=C/C1CCC(N2CN(CC(=O)O)C(=O)c3cnc4c(ccn4COCC[Si](C)(C)C)c32)CC1)CC(F)F. The number of pyridine rings is 1. The van der Waals surface area contributed by atoms with Crippen LogP contribution in [-0.2, 0) is 21.0 Å². The molecule has 2 aliphatic rings. The van der Waals surface area contributed by atoms with Gasteiger partial charge < -0.3 is 28.9 Å². The molecule has 1 saturated carbocycles. The summed E-state index contributed by atoms with van der Waals surface area (Å²) in [6, 6.07) is 2.97. The minimum Gasteiger partial charge on any atom is -0.480 e. The molecular weight excluding hydrogens is 616 g/mol. The van der Waals surface area contributed by atoms with E-state index < -0.39 is 45.3 Å². The highest BCUT2D eigenvalue weighted by Gasteiger charge is 2.37. The molecule has 14 heteroatoms. The number of halogens is 2. The predicted octanol–water partition coefficient (Wildman–Crippen LogP) is 6.23. The van der Waals surface area contributed by atoms with Crippen LogP contribution in [0, 0.1) is 5.92 Å². The lowest BCUT2D eigenvalue weighted by molar-refractivity contribution is -0.137. The van der Waals surface area contributed by atoms with Crippen molar-refractivity contribution in [3.63, 3.8) is 0 Å². The molecule has 2 aromatic rings. The van der Waals surface area contributed by atoms with Crippen LogP contribution in [0.2, 0.25) is 25.7 Å². The number of rotatable bonds is 12. The molecule has 254 valence electrons. The van der Waals surface area contributed by atoms with Gasteiger partial charge in [0, 0.05) is 44.7 Å². The van der Waals surface area contributed by atoms with Crippen molar-refractivity contribution in [2.24, 2.45) is 5.92 Å². The number of aliphatic carboxylic acids is 1. The summed E-state index contributed by atoms with van der Waals surface area (Å²) in [6.07, 6.45) is 5.96. The summed E-state index contributed by atoms with van der Waals surface area (Å²) in [5.74, 6) is -1.42. The van der Waals surface area contributed by atoms with Crippen LogP contribution in [-0.4, -0.2) is 94.9 Å². The van der Waals surface area contributed by atoms with Crippen molar-refractivity contribution in [2.45, 2.75) is 96.9 Å². The highest BCUT2D eigenvalue weighted by Crippen LogP contribution is 2.39. The fourth-order valence-corrected chi connectivity index (χ4v) is 6.56. The van der Waals surface area contributed by atoms with Crippen LogP contribution in [0.1, 0.15) is 56.8 Å². The van der Waals surface area contributed by atoms with Crippen LogP contribution < -0.4 is 4.90 Å². The highest BCUT2D eigenvalue weighted by molar-refractivity contribution is 6.76. The Morgan fingerprint density at radius 2 is 1.89 bits per heavy atom. The van der Waals surface area contributed by atoms with Crippen LogP contribution in [0.3, 0.4) is 0 Å². The third-order valence-corrected chi connectivity index (χ3v) is 9.83. The smallest absolute Gasteiger partial charge is 0.414 e. The number of carbonyl (C=O) groups is 3. The molecule has 1 aliphatic carbocycles. The average Bonchev–Trinajstić information content (AvgIpc) is 3.36. The van der Waals surface area contributed by atoms with E-state index in [0.717, 1.165) is 47.7 Å². The van der Waals surface area contributed by atoms with E-state index in [-0.39, 0.29) is 24.5 Å². The second-order valence-electron chi connectivity index (χ2n) is 14.3. The van der Waals surface area contributed by atoms with E-state index in [1.807, 2.05) is 16.8 Å². The summed E-state index contributed by atoms with van der Waals surface area (Å²) in [5, 5.41) is 10.3. The van der Waals surface area contributed by atoms with Crippen molar-refractivity contribution in [3.05, 3.63) is 36.3 Å². The Kier molecular flexibility index (Phi) is 11.1. The van der Waals surface area contributed by atoms with Gasteiger partial charge in [0.2, 0.25) is 0 Å². The first-order valence-electron chi connectivity index (χ1n) is 15.8. The topological polar surface area (TPSA) is 117 Å². The molecule has 0 aromatic carbocycles. The number of nitrogens with zero attached hydrogens (tertiary/aromatic N) is 5. The molecular formula is C32H47F2N5O6Si. The number of carboxylic acids is 1. The van der Waals surface area contributed by atoms with Crippen molar-refractivity contribution < 1.29 is 37.7 Å². The zero-order valence-corrected chi connectivity index (χ0v) is 28.7. The number of allylic oxidation sites excluding steroid dienone is 1. The van der Waals surface area contributed by atoms with E-state index >= 15 is 0 Å². The molecule has 2 amide bonds. The molecule has 0 unspecified atom stereocenters. The lowest BCUT2D eigenvalue weighted by Gasteiger charge is -2.44. The summed E-state index contributed by atoms with van der Waals surface area (Å²) in [4.78, 5) is 46.5. The van der Waals surface area contributed by atoms with E-state index in [1.165, 1.54) is 17.3 Å². The van der Waals surface area contributed by atoms with Crippen LogP contribution in [0.25, 0.3) is 11.0 Å². The summed E-state index contributed by atoms with van der Waals surface area (Å²) in [6.45, 7) is 11.9. The molecule has 46 heavy (non-hydrogen) atoms. The molecule has 0 spiro atoms. The predicted molar refractivity (Wildman–Crippen MR) is 174 cm³/mol. The van der Waals surface area contributed by atoms with Crippen LogP contribution in [0.4, 0.5) is 19.3 Å². The number of carboxylic acid groups (broad SMARTS) is 1. The van der Waals surface area contributed by atoms with Gasteiger partial charge in [-0.1, -0.05) is 25.7 Å². The number of fused-ring (bicyclic) bond motifs is 3. The number of hydrogen-bond donors (Lipinski definition) is 1. The van der Waals surface area contributed by atoms with Crippen LogP contribution in [0.5, 0.6) is 0 Å². The Hall–Kier alpha value is -3.52. The fourth-order valence-electron chi connectivity index (χ4n) is 5.81. The van der Waals surface area contributed by atoms with Gasteiger partial charge >= 0.3 is 12.1 Å². The first-order valence-corrected chi connectivity index (χ1v) is 19.5. The maximum Gasteiger partial charge on any atom is 0.414 e. The van der Waals surface area contributed by atoms with Gasteiger partial charge in [0.15, 0.2) is 0 Å². The van der Waals surface area contributed by atoms with Crippen molar-refractivity contribution in [2.75, 3.05) is 31.3 Å². The van der Waals surface area contributed by atoms with Crippen LogP contribution >= 0.6 is 0 Å². The molecule has 4 rings (SSSR count).